The van der Waals surface area contributed by atoms with Crippen LogP contribution < -0.4 is 10.1 Å². The van der Waals surface area contributed by atoms with Crippen molar-refractivity contribution < 1.29 is 13.9 Å². The van der Waals surface area contributed by atoms with Crippen LogP contribution in [0.25, 0.3) is 0 Å². The number of aromatic nitrogens is 1. The summed E-state index contributed by atoms with van der Waals surface area (Å²) in [4.78, 5) is 17.4. The van der Waals surface area contributed by atoms with Gasteiger partial charge in [0.25, 0.3) is 5.91 Å². The first kappa shape index (κ1) is 17.2. The molecule has 0 fully saturated rings. The molecular formula is C19H20N2O3S. The summed E-state index contributed by atoms with van der Waals surface area (Å²) in [6.07, 6.45) is 2.30. The van der Waals surface area contributed by atoms with Crippen LogP contribution in [0.15, 0.2) is 47.1 Å². The van der Waals surface area contributed by atoms with E-state index < -0.39 is 0 Å². The molecule has 0 saturated heterocycles. The molecule has 1 N–H and O–H groups in total. The molecule has 0 unspecified atom stereocenters. The van der Waals surface area contributed by atoms with Crippen molar-refractivity contribution in [2.24, 2.45) is 0 Å². The lowest BCUT2D eigenvalue weighted by Crippen LogP contribution is -2.25. The molecule has 1 amide bonds. The number of carbonyl (C=O) groups is 1. The Morgan fingerprint density at radius 1 is 1.24 bits per heavy atom. The molecule has 0 bridgehead atoms. The summed E-state index contributed by atoms with van der Waals surface area (Å²) in [6.45, 7) is 4.76. The summed E-state index contributed by atoms with van der Waals surface area (Å²) in [5, 5.41) is 3.69. The Labute approximate surface area is 150 Å². The van der Waals surface area contributed by atoms with Gasteiger partial charge in [0.1, 0.15) is 28.0 Å². The highest BCUT2D eigenvalue weighted by molar-refractivity contribution is 7.13. The fraction of sp³-hybridized carbons (Fsp3) is 0.263. The third kappa shape index (κ3) is 4.70. The van der Waals surface area contributed by atoms with Crippen molar-refractivity contribution in [3.63, 3.8) is 0 Å². The standard InChI is InChI=1S/C19H20N2O3S/c1-13-5-7-16(8-6-13)24-12-17-21-14(2)18(25-17)19(22)20-10-9-15-4-3-11-23-15/h3-8,11H,9-10,12H2,1-2H3,(H,20,22). The molecule has 1 aromatic carbocycles. The zero-order chi connectivity index (χ0) is 17.6. The van der Waals surface area contributed by atoms with Gasteiger partial charge in [-0.15, -0.1) is 11.3 Å². The fourth-order valence-electron chi connectivity index (χ4n) is 2.34. The van der Waals surface area contributed by atoms with Crippen molar-refractivity contribution in [2.45, 2.75) is 26.9 Å². The second-order valence-corrected chi connectivity index (χ2v) is 6.79. The summed E-state index contributed by atoms with van der Waals surface area (Å²) in [5.41, 5.74) is 1.91. The Balaban J connectivity index is 1.53. The van der Waals surface area contributed by atoms with E-state index >= 15 is 0 Å². The molecule has 25 heavy (non-hydrogen) atoms. The highest BCUT2D eigenvalue weighted by Crippen LogP contribution is 2.20. The molecule has 0 spiro atoms. The molecular weight excluding hydrogens is 336 g/mol. The number of benzene rings is 1. The lowest BCUT2D eigenvalue weighted by atomic mass is 10.2. The number of ether oxygens (including phenoxy) is 1. The second-order valence-electron chi connectivity index (χ2n) is 5.71. The molecule has 0 aliphatic carbocycles. The summed E-state index contributed by atoms with van der Waals surface area (Å²) in [6, 6.07) is 11.6. The predicted molar refractivity (Wildman–Crippen MR) is 97.1 cm³/mol. The Kier molecular flexibility index (Phi) is 5.50. The van der Waals surface area contributed by atoms with Crippen LogP contribution >= 0.6 is 11.3 Å². The van der Waals surface area contributed by atoms with E-state index in [1.165, 1.54) is 16.9 Å². The minimum Gasteiger partial charge on any atom is -0.486 e. The van der Waals surface area contributed by atoms with Crippen molar-refractivity contribution in [3.05, 3.63) is 69.6 Å². The molecule has 5 nitrogen and oxygen atoms in total. The normalized spacial score (nSPS) is 10.6. The number of aryl methyl sites for hydroxylation is 2. The van der Waals surface area contributed by atoms with E-state index in [-0.39, 0.29) is 5.91 Å². The van der Waals surface area contributed by atoms with Crippen LogP contribution in [0.2, 0.25) is 0 Å². The van der Waals surface area contributed by atoms with Crippen molar-refractivity contribution in [1.29, 1.82) is 0 Å². The second kappa shape index (κ2) is 7.98. The quantitative estimate of drug-likeness (QED) is 0.697. The molecule has 0 atom stereocenters. The van der Waals surface area contributed by atoms with Gasteiger partial charge in [0.15, 0.2) is 0 Å². The van der Waals surface area contributed by atoms with Crippen LogP contribution in [0.5, 0.6) is 5.75 Å². The monoisotopic (exact) mass is 356 g/mol. The van der Waals surface area contributed by atoms with Crippen molar-refractivity contribution in [2.75, 3.05) is 6.54 Å². The number of nitrogens with one attached hydrogen (secondary N) is 1. The van der Waals surface area contributed by atoms with E-state index in [4.69, 9.17) is 9.15 Å². The van der Waals surface area contributed by atoms with Crippen molar-refractivity contribution in [1.82, 2.24) is 10.3 Å². The van der Waals surface area contributed by atoms with Gasteiger partial charge in [-0.05, 0) is 38.1 Å². The molecule has 0 aliphatic rings. The minimum atomic E-state index is -0.108. The number of furan rings is 1. The molecule has 6 heteroatoms. The molecule has 0 radical (unpaired) electrons. The molecule has 0 aliphatic heterocycles. The van der Waals surface area contributed by atoms with E-state index in [1.54, 1.807) is 6.26 Å². The topological polar surface area (TPSA) is 64.4 Å². The third-order valence-corrected chi connectivity index (χ3v) is 4.80. The van der Waals surface area contributed by atoms with E-state index in [1.807, 2.05) is 50.2 Å². The molecule has 3 aromatic rings. The maximum atomic E-state index is 12.3. The summed E-state index contributed by atoms with van der Waals surface area (Å²) >= 11 is 1.37. The Morgan fingerprint density at radius 2 is 2.04 bits per heavy atom. The Hall–Kier alpha value is -2.60. The molecule has 2 aromatic heterocycles. The first-order valence-corrected chi connectivity index (χ1v) is 8.90. The van der Waals surface area contributed by atoms with Gasteiger partial charge in [-0.3, -0.25) is 4.79 Å². The average Bonchev–Trinajstić information content (AvgIpc) is 3.24. The largest absolute Gasteiger partial charge is 0.486 e. The number of amides is 1. The summed E-state index contributed by atoms with van der Waals surface area (Å²) in [5.74, 6) is 1.54. The number of hydrogen-bond donors (Lipinski definition) is 1. The zero-order valence-corrected chi connectivity index (χ0v) is 15.1. The smallest absolute Gasteiger partial charge is 0.263 e. The maximum Gasteiger partial charge on any atom is 0.263 e. The van der Waals surface area contributed by atoms with Gasteiger partial charge in [-0.2, -0.15) is 0 Å². The summed E-state index contributed by atoms with van der Waals surface area (Å²) in [7, 11) is 0. The van der Waals surface area contributed by atoms with Crippen LogP contribution in [-0.2, 0) is 13.0 Å². The van der Waals surface area contributed by atoms with Crippen LogP contribution in [0.4, 0.5) is 0 Å². The van der Waals surface area contributed by atoms with Crippen LogP contribution in [0, 0.1) is 13.8 Å². The predicted octanol–water partition coefficient (Wildman–Crippen LogP) is 3.90. The Bertz CT molecular complexity index is 823. The molecule has 3 rings (SSSR count). The van der Waals surface area contributed by atoms with E-state index in [9.17, 15) is 4.79 Å². The van der Waals surface area contributed by atoms with Gasteiger partial charge in [-0.1, -0.05) is 17.7 Å². The van der Waals surface area contributed by atoms with Gasteiger partial charge >= 0.3 is 0 Å². The van der Waals surface area contributed by atoms with E-state index in [0.29, 0.717) is 24.4 Å². The third-order valence-electron chi connectivity index (χ3n) is 3.67. The summed E-state index contributed by atoms with van der Waals surface area (Å²) < 4.78 is 11.0. The van der Waals surface area contributed by atoms with Gasteiger partial charge < -0.3 is 14.5 Å². The van der Waals surface area contributed by atoms with Crippen LogP contribution in [0.1, 0.15) is 31.7 Å². The number of carbonyl (C=O) groups excluding carboxylic acids is 1. The van der Waals surface area contributed by atoms with E-state index in [2.05, 4.69) is 10.3 Å². The fourth-order valence-corrected chi connectivity index (χ4v) is 3.23. The first-order chi connectivity index (χ1) is 12.1. The lowest BCUT2D eigenvalue weighted by molar-refractivity contribution is 0.0957. The van der Waals surface area contributed by atoms with Crippen LogP contribution in [-0.4, -0.2) is 17.4 Å². The number of thiazole rings is 1. The molecule has 2 heterocycles. The Morgan fingerprint density at radius 3 is 2.76 bits per heavy atom. The SMILES string of the molecule is Cc1ccc(OCc2nc(C)c(C(=O)NCCc3ccco3)s2)cc1. The molecule has 130 valence electrons. The van der Waals surface area contributed by atoms with Gasteiger partial charge in [-0.25, -0.2) is 4.98 Å². The highest BCUT2D eigenvalue weighted by Gasteiger charge is 2.15. The van der Waals surface area contributed by atoms with Crippen molar-refractivity contribution in [3.8, 4) is 5.75 Å². The highest BCUT2D eigenvalue weighted by atomic mass is 32.1. The number of nitrogens with zero attached hydrogens (tertiary/aromatic N) is 1. The van der Waals surface area contributed by atoms with Gasteiger partial charge in [0.2, 0.25) is 0 Å². The van der Waals surface area contributed by atoms with Gasteiger partial charge in [0, 0.05) is 13.0 Å². The van der Waals surface area contributed by atoms with E-state index in [0.717, 1.165) is 22.2 Å². The number of hydrogen-bond acceptors (Lipinski definition) is 5. The maximum absolute atomic E-state index is 12.3. The lowest BCUT2D eigenvalue weighted by Gasteiger charge is -2.03. The van der Waals surface area contributed by atoms with Crippen molar-refractivity contribution >= 4 is 17.2 Å². The minimum absolute atomic E-state index is 0.108. The zero-order valence-electron chi connectivity index (χ0n) is 14.2. The number of rotatable bonds is 7. The molecule has 0 saturated carbocycles. The van der Waals surface area contributed by atoms with Gasteiger partial charge in [0.05, 0.1) is 12.0 Å². The van der Waals surface area contributed by atoms with Crippen LogP contribution in [0.3, 0.4) is 0 Å². The first-order valence-electron chi connectivity index (χ1n) is 8.08. The average molecular weight is 356 g/mol.